The molecule has 1 fully saturated rings. The second-order valence-electron chi connectivity index (χ2n) is 3.28. The predicted octanol–water partition coefficient (Wildman–Crippen LogP) is 1.87. The van der Waals surface area contributed by atoms with Crippen LogP contribution in [0.15, 0.2) is 12.2 Å². The molecule has 2 rings (SSSR count). The van der Waals surface area contributed by atoms with Crippen molar-refractivity contribution in [2.75, 3.05) is 6.61 Å². The van der Waals surface area contributed by atoms with Crippen LogP contribution in [0.2, 0.25) is 0 Å². The summed E-state index contributed by atoms with van der Waals surface area (Å²) in [7, 11) is 0. The van der Waals surface area contributed by atoms with Gasteiger partial charge in [0.25, 0.3) is 0 Å². The van der Waals surface area contributed by atoms with E-state index in [1.807, 2.05) is 6.08 Å². The van der Waals surface area contributed by atoms with Crippen LogP contribution in [0.25, 0.3) is 0 Å². The lowest BCUT2D eigenvalue weighted by Crippen LogP contribution is -2.24. The Kier molecular flexibility index (Phi) is 2.08. The topological polar surface area (TPSA) is 18.5 Å². The molecule has 0 aromatic carbocycles. The minimum Gasteiger partial charge on any atom is -0.366 e. The van der Waals surface area contributed by atoms with Crippen LogP contribution in [-0.2, 0) is 9.47 Å². The Morgan fingerprint density at radius 3 is 2.62 bits per heavy atom. The van der Waals surface area contributed by atoms with E-state index in [4.69, 9.17) is 4.74 Å². The Hall–Kier alpha value is -0.550. The Balaban J connectivity index is 1.81. The van der Waals surface area contributed by atoms with Crippen LogP contribution >= 0.6 is 0 Å². The monoisotopic (exact) mass is 194 g/mol. The van der Waals surface area contributed by atoms with Crippen molar-refractivity contribution in [2.45, 2.75) is 25.0 Å². The van der Waals surface area contributed by atoms with Gasteiger partial charge in [-0.15, -0.1) is 13.2 Å². The fourth-order valence-electron chi connectivity index (χ4n) is 1.73. The Labute approximate surface area is 73.3 Å². The number of hydrogen-bond acceptors (Lipinski definition) is 2. The molecule has 1 saturated heterocycles. The predicted molar refractivity (Wildman–Crippen MR) is 37.9 cm³/mol. The second-order valence-corrected chi connectivity index (χ2v) is 3.28. The molecule has 2 aliphatic rings. The van der Waals surface area contributed by atoms with E-state index in [0.29, 0.717) is 6.42 Å². The fraction of sp³-hybridized carbons (Fsp3) is 0.750. The summed E-state index contributed by atoms with van der Waals surface area (Å²) in [5.74, 6) is -0.142. The molecule has 0 saturated carbocycles. The highest BCUT2D eigenvalue weighted by Gasteiger charge is 2.39. The minimum atomic E-state index is -4.52. The van der Waals surface area contributed by atoms with Crippen molar-refractivity contribution in [3.05, 3.63) is 12.2 Å². The maximum absolute atomic E-state index is 11.7. The van der Waals surface area contributed by atoms with E-state index in [0.717, 1.165) is 0 Å². The standard InChI is InChI=1S/C8H9F3O2/c9-8(10,11)12-4-5-3-6-1-2-7(5)13-6/h1-2,5-7H,3-4H2. The fourth-order valence-corrected chi connectivity index (χ4v) is 1.73. The number of fused-ring (bicyclic) bond motifs is 2. The van der Waals surface area contributed by atoms with E-state index in [-0.39, 0.29) is 24.7 Å². The van der Waals surface area contributed by atoms with Crippen molar-refractivity contribution in [3.63, 3.8) is 0 Å². The van der Waals surface area contributed by atoms with Crippen molar-refractivity contribution < 1.29 is 22.6 Å². The van der Waals surface area contributed by atoms with Gasteiger partial charge in [0.2, 0.25) is 0 Å². The van der Waals surface area contributed by atoms with Gasteiger partial charge in [-0.1, -0.05) is 12.2 Å². The third kappa shape index (κ3) is 2.03. The smallest absolute Gasteiger partial charge is 0.366 e. The number of halogens is 3. The van der Waals surface area contributed by atoms with E-state index in [1.54, 1.807) is 6.08 Å². The molecule has 0 spiro atoms. The SMILES string of the molecule is FC(F)(F)OCC1CC2C=CC1O2. The molecule has 0 amide bonds. The van der Waals surface area contributed by atoms with E-state index in [1.165, 1.54) is 0 Å². The van der Waals surface area contributed by atoms with Crippen molar-refractivity contribution in [1.82, 2.24) is 0 Å². The third-order valence-electron chi connectivity index (χ3n) is 2.31. The third-order valence-corrected chi connectivity index (χ3v) is 2.31. The van der Waals surface area contributed by atoms with Gasteiger partial charge in [-0.25, -0.2) is 0 Å². The Morgan fingerprint density at radius 2 is 2.15 bits per heavy atom. The molecular weight excluding hydrogens is 185 g/mol. The summed E-state index contributed by atoms with van der Waals surface area (Å²) in [6, 6.07) is 0. The molecule has 2 nitrogen and oxygen atoms in total. The minimum absolute atomic E-state index is 0.00633. The first-order valence-electron chi connectivity index (χ1n) is 4.09. The number of alkyl halides is 3. The summed E-state index contributed by atoms with van der Waals surface area (Å²) in [6.45, 7) is -0.297. The van der Waals surface area contributed by atoms with Crippen molar-refractivity contribution in [3.8, 4) is 0 Å². The first-order chi connectivity index (χ1) is 6.04. The van der Waals surface area contributed by atoms with Crippen LogP contribution in [0.5, 0.6) is 0 Å². The molecule has 74 valence electrons. The highest BCUT2D eigenvalue weighted by Crippen LogP contribution is 2.34. The quantitative estimate of drug-likeness (QED) is 0.625. The highest BCUT2D eigenvalue weighted by atomic mass is 19.4. The first-order valence-corrected chi connectivity index (χ1v) is 4.09. The normalized spacial score (nSPS) is 37.3. The molecule has 2 bridgehead atoms. The van der Waals surface area contributed by atoms with Gasteiger partial charge in [0.15, 0.2) is 0 Å². The largest absolute Gasteiger partial charge is 0.522 e. The lowest BCUT2D eigenvalue weighted by Gasteiger charge is -2.16. The van der Waals surface area contributed by atoms with E-state index < -0.39 is 6.36 Å². The number of rotatable bonds is 2. The number of ether oxygens (including phenoxy) is 2. The van der Waals surface area contributed by atoms with Gasteiger partial charge in [0, 0.05) is 5.92 Å². The van der Waals surface area contributed by atoms with E-state index in [2.05, 4.69) is 4.74 Å². The van der Waals surface area contributed by atoms with Crippen molar-refractivity contribution in [2.24, 2.45) is 5.92 Å². The van der Waals surface area contributed by atoms with Crippen LogP contribution in [0.3, 0.4) is 0 Å². The van der Waals surface area contributed by atoms with E-state index >= 15 is 0 Å². The maximum atomic E-state index is 11.7. The summed E-state index contributed by atoms with van der Waals surface area (Å²) in [6.07, 6.45) is -0.366. The van der Waals surface area contributed by atoms with Gasteiger partial charge in [-0.3, -0.25) is 4.74 Å². The van der Waals surface area contributed by atoms with Crippen LogP contribution in [0.4, 0.5) is 13.2 Å². The highest BCUT2D eigenvalue weighted by molar-refractivity contribution is 5.10. The molecule has 5 heteroatoms. The molecule has 13 heavy (non-hydrogen) atoms. The maximum Gasteiger partial charge on any atom is 0.522 e. The zero-order valence-electron chi connectivity index (χ0n) is 6.75. The molecule has 0 aromatic heterocycles. The molecule has 0 radical (unpaired) electrons. The van der Waals surface area contributed by atoms with Gasteiger partial charge in [0.1, 0.15) is 0 Å². The van der Waals surface area contributed by atoms with Gasteiger partial charge in [-0.2, -0.15) is 0 Å². The second kappa shape index (κ2) is 2.99. The first kappa shape index (κ1) is 9.02. The van der Waals surface area contributed by atoms with Gasteiger partial charge < -0.3 is 4.74 Å². The summed E-state index contributed by atoms with van der Waals surface area (Å²) in [5.41, 5.74) is 0. The van der Waals surface area contributed by atoms with Gasteiger partial charge in [-0.05, 0) is 6.42 Å². The van der Waals surface area contributed by atoms with E-state index in [9.17, 15) is 13.2 Å². The van der Waals surface area contributed by atoms with Crippen molar-refractivity contribution >= 4 is 0 Å². The molecule has 0 aliphatic carbocycles. The van der Waals surface area contributed by atoms with Gasteiger partial charge >= 0.3 is 6.36 Å². The lowest BCUT2D eigenvalue weighted by molar-refractivity contribution is -0.328. The Bertz CT molecular complexity index is 224. The summed E-state index contributed by atoms with van der Waals surface area (Å²) >= 11 is 0. The zero-order valence-corrected chi connectivity index (χ0v) is 6.75. The van der Waals surface area contributed by atoms with Gasteiger partial charge in [0.05, 0.1) is 18.8 Å². The molecule has 0 aromatic rings. The van der Waals surface area contributed by atoms with Crippen LogP contribution < -0.4 is 0 Å². The molecule has 3 atom stereocenters. The molecule has 2 heterocycles. The average molecular weight is 194 g/mol. The average Bonchev–Trinajstić information content (AvgIpc) is 2.58. The summed E-state index contributed by atoms with van der Waals surface area (Å²) in [5, 5.41) is 0. The number of hydrogen-bond donors (Lipinski definition) is 0. The molecule has 3 unspecified atom stereocenters. The molecular formula is C8H9F3O2. The summed E-state index contributed by atoms with van der Waals surface area (Å²) in [4.78, 5) is 0. The Morgan fingerprint density at radius 1 is 1.38 bits per heavy atom. The zero-order chi connectivity index (χ0) is 9.47. The molecule has 0 N–H and O–H groups in total. The summed E-state index contributed by atoms with van der Waals surface area (Å²) < 4.78 is 44.1. The van der Waals surface area contributed by atoms with Crippen LogP contribution in [0.1, 0.15) is 6.42 Å². The van der Waals surface area contributed by atoms with Crippen LogP contribution in [-0.4, -0.2) is 25.2 Å². The molecule has 2 aliphatic heterocycles. The lowest BCUT2D eigenvalue weighted by atomic mass is 9.95. The van der Waals surface area contributed by atoms with Crippen LogP contribution in [0, 0.1) is 5.92 Å². The van der Waals surface area contributed by atoms with Crippen molar-refractivity contribution in [1.29, 1.82) is 0 Å².